The minimum Gasteiger partial charge on any atom is -0.370 e. The van der Waals surface area contributed by atoms with Crippen molar-refractivity contribution in [3.63, 3.8) is 0 Å². The van der Waals surface area contributed by atoms with E-state index in [2.05, 4.69) is 18.8 Å². The number of carbonyl (C=O) groups is 1. The van der Waals surface area contributed by atoms with E-state index < -0.39 is 0 Å². The number of ketones is 1. The first-order valence-electron chi connectivity index (χ1n) is 10.5. The fourth-order valence-corrected chi connectivity index (χ4v) is 6.11. The molecule has 4 aromatic rings. The lowest BCUT2D eigenvalue weighted by molar-refractivity contribution is -0.922. The van der Waals surface area contributed by atoms with Crippen LogP contribution in [-0.4, -0.2) is 52.8 Å². The third kappa shape index (κ3) is 4.13. The molecule has 160 valence electrons. The Labute approximate surface area is 189 Å². The molecule has 0 atom stereocenters. The van der Waals surface area contributed by atoms with Gasteiger partial charge in [0, 0.05) is 32.9 Å². The van der Waals surface area contributed by atoms with Crippen molar-refractivity contribution in [3.05, 3.63) is 52.3 Å². The number of nitrogens with one attached hydrogen (secondary N) is 2. The number of ether oxygens (including phenoxy) is 1. The summed E-state index contributed by atoms with van der Waals surface area (Å²) in [6, 6.07) is 7.91. The van der Waals surface area contributed by atoms with Gasteiger partial charge in [-0.3, -0.25) is 4.79 Å². The van der Waals surface area contributed by atoms with Crippen LogP contribution >= 0.6 is 23.1 Å². The number of H-pyrrole nitrogens is 1. The van der Waals surface area contributed by atoms with Crippen molar-refractivity contribution in [1.82, 2.24) is 15.0 Å². The maximum Gasteiger partial charge on any atom is 0.186 e. The Balaban J connectivity index is 1.42. The number of rotatable bonds is 6. The normalized spacial score (nSPS) is 15.2. The summed E-state index contributed by atoms with van der Waals surface area (Å²) in [4.78, 5) is 29.7. The molecule has 31 heavy (non-hydrogen) atoms. The molecule has 0 unspecified atom stereocenters. The third-order valence-corrected chi connectivity index (χ3v) is 7.96. The lowest BCUT2D eigenvalue weighted by Gasteiger charge is -2.23. The van der Waals surface area contributed by atoms with Gasteiger partial charge in [-0.1, -0.05) is 30.0 Å². The second kappa shape index (κ2) is 8.70. The van der Waals surface area contributed by atoms with Crippen LogP contribution in [0.15, 0.2) is 35.5 Å². The van der Waals surface area contributed by atoms with E-state index in [-0.39, 0.29) is 5.78 Å². The molecule has 0 radical (unpaired) electrons. The Hall–Kier alpha value is -2.26. The molecule has 0 amide bonds. The van der Waals surface area contributed by atoms with Gasteiger partial charge in [-0.15, -0.1) is 11.3 Å². The summed E-state index contributed by atoms with van der Waals surface area (Å²) in [5, 5.41) is 2.99. The number of Topliss-reactive ketones (excluding diaryl/α,β-unsaturated/α-hetero) is 1. The van der Waals surface area contributed by atoms with Gasteiger partial charge in [-0.05, 0) is 25.5 Å². The number of quaternary nitrogens is 1. The highest BCUT2D eigenvalue weighted by molar-refractivity contribution is 8.00. The Kier molecular flexibility index (Phi) is 5.79. The molecule has 0 saturated carbocycles. The van der Waals surface area contributed by atoms with Gasteiger partial charge in [0.25, 0.3) is 0 Å². The summed E-state index contributed by atoms with van der Waals surface area (Å²) < 4.78 is 5.48. The molecule has 6 nitrogen and oxygen atoms in total. The number of fused-ring (bicyclic) bond motifs is 2. The molecule has 1 saturated heterocycles. The number of nitrogens with zero attached hydrogens (tertiary/aromatic N) is 2. The molecule has 0 aliphatic carbocycles. The van der Waals surface area contributed by atoms with Gasteiger partial charge >= 0.3 is 0 Å². The first-order chi connectivity index (χ1) is 15.1. The zero-order valence-electron chi connectivity index (χ0n) is 17.7. The minimum atomic E-state index is 0.110. The summed E-state index contributed by atoms with van der Waals surface area (Å²) in [7, 11) is 0. The lowest BCUT2D eigenvalue weighted by Crippen LogP contribution is -3.12. The van der Waals surface area contributed by atoms with Crippen molar-refractivity contribution in [2.24, 2.45) is 0 Å². The zero-order valence-corrected chi connectivity index (χ0v) is 19.3. The van der Waals surface area contributed by atoms with Gasteiger partial charge in [0.2, 0.25) is 0 Å². The highest BCUT2D eigenvalue weighted by Gasteiger charge is 2.21. The molecule has 0 bridgehead atoms. The van der Waals surface area contributed by atoms with Crippen LogP contribution in [0.25, 0.3) is 21.1 Å². The van der Waals surface area contributed by atoms with Gasteiger partial charge in [0.05, 0.1) is 19.0 Å². The molecule has 8 heteroatoms. The van der Waals surface area contributed by atoms with Crippen LogP contribution < -0.4 is 4.90 Å². The molecule has 3 aromatic heterocycles. The minimum absolute atomic E-state index is 0.110. The van der Waals surface area contributed by atoms with Crippen LogP contribution in [-0.2, 0) is 11.3 Å². The van der Waals surface area contributed by atoms with Gasteiger partial charge < -0.3 is 14.6 Å². The van der Waals surface area contributed by atoms with Gasteiger partial charge in [0.15, 0.2) is 11.6 Å². The second-order valence-corrected chi connectivity index (χ2v) is 10.1. The number of thioether (sulfide) groups is 1. The molecular formula is C23H25N4O2S2+. The summed E-state index contributed by atoms with van der Waals surface area (Å²) in [6.07, 6.45) is 1.82. The molecule has 1 fully saturated rings. The largest absolute Gasteiger partial charge is 0.370 e. The van der Waals surface area contributed by atoms with E-state index in [0.717, 1.165) is 70.4 Å². The van der Waals surface area contributed by atoms with Crippen LogP contribution in [0.3, 0.4) is 0 Å². The standard InChI is InChI=1S/C23H24N4O2S2/c1-14-15(2)31-23-21(14)22(25-20(26-23)12-27-7-9-29-10-8-27)30-13-19(28)17-11-24-18-6-4-3-5-16(17)18/h3-6,11,24H,7-10,12-13H2,1-2H3/p+1. The topological polar surface area (TPSA) is 72.3 Å². The van der Waals surface area contributed by atoms with E-state index in [9.17, 15) is 4.79 Å². The number of aromatic amines is 1. The molecule has 1 aliphatic rings. The number of hydrogen-bond acceptors (Lipinski definition) is 6. The van der Waals surface area contributed by atoms with Crippen LogP contribution in [0.5, 0.6) is 0 Å². The number of aromatic nitrogens is 3. The first kappa shape index (κ1) is 20.6. The van der Waals surface area contributed by atoms with Crippen molar-refractivity contribution in [1.29, 1.82) is 0 Å². The summed E-state index contributed by atoms with van der Waals surface area (Å²) >= 11 is 3.24. The molecule has 1 aromatic carbocycles. The molecule has 0 spiro atoms. The fraction of sp³-hybridized carbons (Fsp3) is 0.348. The SMILES string of the molecule is Cc1sc2nc(C[NH+]3CCOCC3)nc(SCC(=O)c3c[nH]c4ccccc34)c2c1C. The van der Waals surface area contributed by atoms with Crippen molar-refractivity contribution >= 4 is 50.0 Å². The number of benzene rings is 1. The van der Waals surface area contributed by atoms with E-state index in [1.165, 1.54) is 27.1 Å². The van der Waals surface area contributed by atoms with Crippen LogP contribution in [0, 0.1) is 13.8 Å². The number of thiophene rings is 1. The molecule has 4 heterocycles. The van der Waals surface area contributed by atoms with Crippen molar-refractivity contribution < 1.29 is 14.4 Å². The van der Waals surface area contributed by atoms with Crippen molar-refractivity contribution in [2.45, 2.75) is 25.4 Å². The predicted octanol–water partition coefficient (Wildman–Crippen LogP) is 3.18. The smallest absolute Gasteiger partial charge is 0.186 e. The molecule has 2 N–H and O–H groups in total. The maximum absolute atomic E-state index is 13.0. The van der Waals surface area contributed by atoms with Crippen LogP contribution in [0.4, 0.5) is 0 Å². The number of para-hydroxylation sites is 1. The highest BCUT2D eigenvalue weighted by Crippen LogP contribution is 2.35. The van der Waals surface area contributed by atoms with Gasteiger partial charge in [-0.2, -0.15) is 0 Å². The van der Waals surface area contributed by atoms with Crippen molar-refractivity contribution in [2.75, 3.05) is 32.1 Å². The quantitative estimate of drug-likeness (QED) is 0.267. The monoisotopic (exact) mass is 453 g/mol. The fourth-order valence-electron chi connectivity index (χ4n) is 4.01. The van der Waals surface area contributed by atoms with E-state index in [0.29, 0.717) is 5.75 Å². The Morgan fingerprint density at radius 2 is 2.03 bits per heavy atom. The second-order valence-electron chi connectivity index (χ2n) is 7.91. The number of aryl methyl sites for hydroxylation is 2. The number of hydrogen-bond donors (Lipinski definition) is 2. The summed E-state index contributed by atoms with van der Waals surface area (Å²) in [5.74, 6) is 1.32. The number of morpholine rings is 1. The van der Waals surface area contributed by atoms with E-state index >= 15 is 0 Å². The summed E-state index contributed by atoms with van der Waals surface area (Å²) in [6.45, 7) is 8.57. The first-order valence-corrected chi connectivity index (χ1v) is 12.3. The summed E-state index contributed by atoms with van der Waals surface area (Å²) in [5.41, 5.74) is 2.94. The molecule has 5 rings (SSSR count). The average molecular weight is 454 g/mol. The number of carbonyl (C=O) groups excluding carboxylic acids is 1. The molecular weight excluding hydrogens is 428 g/mol. The van der Waals surface area contributed by atoms with Crippen LogP contribution in [0.1, 0.15) is 26.6 Å². The predicted molar refractivity (Wildman–Crippen MR) is 125 cm³/mol. The highest BCUT2D eigenvalue weighted by atomic mass is 32.2. The zero-order chi connectivity index (χ0) is 21.4. The van der Waals surface area contributed by atoms with E-state index in [1.807, 2.05) is 30.5 Å². The molecule has 1 aliphatic heterocycles. The van der Waals surface area contributed by atoms with Crippen molar-refractivity contribution in [3.8, 4) is 0 Å². The Morgan fingerprint density at radius 1 is 1.23 bits per heavy atom. The maximum atomic E-state index is 13.0. The average Bonchev–Trinajstić information content (AvgIpc) is 3.33. The van der Waals surface area contributed by atoms with E-state index in [1.54, 1.807) is 11.3 Å². The Morgan fingerprint density at radius 3 is 2.87 bits per heavy atom. The third-order valence-electron chi connectivity index (χ3n) is 5.88. The Bertz CT molecular complexity index is 1260. The van der Waals surface area contributed by atoms with Gasteiger partial charge in [0.1, 0.15) is 29.5 Å². The van der Waals surface area contributed by atoms with Gasteiger partial charge in [-0.25, -0.2) is 9.97 Å². The van der Waals surface area contributed by atoms with E-state index in [4.69, 9.17) is 14.7 Å². The van der Waals surface area contributed by atoms with Crippen LogP contribution in [0.2, 0.25) is 0 Å². The lowest BCUT2D eigenvalue weighted by atomic mass is 10.1.